The number of hydrogen-bond donors (Lipinski definition) is 2. The molecule has 1 spiro atoms. The number of ether oxygens (including phenoxy) is 1. The second-order valence-corrected chi connectivity index (χ2v) is 8.97. The molecule has 0 amide bonds. The minimum absolute atomic E-state index is 0.362. The van der Waals surface area contributed by atoms with Crippen LogP contribution in [0.25, 0.3) is 0 Å². The molecule has 3 atom stereocenters. The van der Waals surface area contributed by atoms with Crippen LogP contribution in [0.1, 0.15) is 44.9 Å². The Kier molecular flexibility index (Phi) is 4.91. The smallest absolute Gasteiger partial charge is 0.191 e. The number of fused-ring (bicyclic) bond motifs is 2. The van der Waals surface area contributed by atoms with Crippen molar-refractivity contribution in [3.8, 4) is 0 Å². The van der Waals surface area contributed by atoms with Gasteiger partial charge in [-0.25, -0.2) is 4.98 Å². The van der Waals surface area contributed by atoms with Crippen LogP contribution < -0.4 is 15.5 Å². The summed E-state index contributed by atoms with van der Waals surface area (Å²) in [6.45, 7) is 3.02. The number of anilines is 1. The maximum atomic E-state index is 6.13. The Balaban J connectivity index is 1.18. The number of piperidine rings is 1. The zero-order valence-corrected chi connectivity index (χ0v) is 16.9. The minimum atomic E-state index is 0.362. The Morgan fingerprint density at radius 2 is 2.00 bits per heavy atom. The van der Waals surface area contributed by atoms with Crippen molar-refractivity contribution >= 4 is 11.8 Å². The molecule has 28 heavy (non-hydrogen) atoms. The van der Waals surface area contributed by atoms with Gasteiger partial charge < -0.3 is 20.3 Å². The lowest BCUT2D eigenvalue weighted by Crippen LogP contribution is -2.69. The molecule has 1 aromatic rings. The molecule has 2 aliphatic heterocycles. The lowest BCUT2D eigenvalue weighted by atomic mass is 9.54. The average molecular weight is 384 g/mol. The van der Waals surface area contributed by atoms with Crippen LogP contribution in [0.5, 0.6) is 0 Å². The van der Waals surface area contributed by atoms with E-state index in [0.29, 0.717) is 29.5 Å². The first kappa shape index (κ1) is 18.2. The van der Waals surface area contributed by atoms with Crippen molar-refractivity contribution in [1.82, 2.24) is 15.6 Å². The molecule has 0 aromatic carbocycles. The third-order valence-corrected chi connectivity index (χ3v) is 7.61. The Morgan fingerprint density at radius 3 is 2.71 bits per heavy atom. The van der Waals surface area contributed by atoms with Gasteiger partial charge in [0.15, 0.2) is 5.96 Å². The molecule has 1 aromatic heterocycles. The van der Waals surface area contributed by atoms with E-state index < -0.39 is 0 Å². The summed E-state index contributed by atoms with van der Waals surface area (Å²) in [7, 11) is 1.90. The Labute approximate surface area is 168 Å². The summed E-state index contributed by atoms with van der Waals surface area (Å²) < 4.78 is 6.13. The second kappa shape index (κ2) is 7.54. The van der Waals surface area contributed by atoms with Crippen molar-refractivity contribution in [2.24, 2.45) is 16.3 Å². The van der Waals surface area contributed by atoms with E-state index in [2.05, 4.69) is 37.6 Å². The maximum Gasteiger partial charge on any atom is 0.191 e. The predicted molar refractivity (Wildman–Crippen MR) is 112 cm³/mol. The van der Waals surface area contributed by atoms with Gasteiger partial charge in [0, 0.05) is 56.4 Å². The van der Waals surface area contributed by atoms with Gasteiger partial charge in [0.1, 0.15) is 5.82 Å². The zero-order valence-electron chi connectivity index (χ0n) is 16.9. The van der Waals surface area contributed by atoms with Crippen molar-refractivity contribution in [1.29, 1.82) is 0 Å². The van der Waals surface area contributed by atoms with Crippen LogP contribution in [0, 0.1) is 11.3 Å². The largest absolute Gasteiger partial charge is 0.377 e. The van der Waals surface area contributed by atoms with Gasteiger partial charge >= 0.3 is 0 Å². The number of guanidine groups is 1. The molecule has 2 saturated heterocycles. The van der Waals surface area contributed by atoms with E-state index in [1.165, 1.54) is 32.1 Å². The quantitative estimate of drug-likeness (QED) is 0.620. The second-order valence-electron chi connectivity index (χ2n) is 8.97. The summed E-state index contributed by atoms with van der Waals surface area (Å²) in [4.78, 5) is 11.5. The Bertz CT molecular complexity index is 694. The summed E-state index contributed by atoms with van der Waals surface area (Å²) in [6.07, 6.45) is 11.1. The van der Waals surface area contributed by atoms with Crippen molar-refractivity contribution in [2.75, 3.05) is 31.6 Å². The Morgan fingerprint density at radius 1 is 1.18 bits per heavy atom. The number of aliphatic imine (C=N–C) groups is 1. The highest BCUT2D eigenvalue weighted by atomic mass is 16.5. The van der Waals surface area contributed by atoms with Crippen LogP contribution in [0.2, 0.25) is 0 Å². The van der Waals surface area contributed by atoms with E-state index in [-0.39, 0.29) is 0 Å². The van der Waals surface area contributed by atoms with E-state index in [4.69, 9.17) is 4.74 Å². The van der Waals surface area contributed by atoms with Crippen LogP contribution in [0.3, 0.4) is 0 Å². The van der Waals surface area contributed by atoms with Gasteiger partial charge in [0.05, 0.1) is 6.10 Å². The highest BCUT2D eigenvalue weighted by Crippen LogP contribution is 2.60. The number of nitrogens with one attached hydrogen (secondary N) is 2. The van der Waals surface area contributed by atoms with Gasteiger partial charge in [-0.1, -0.05) is 18.9 Å². The molecule has 2 aliphatic carbocycles. The van der Waals surface area contributed by atoms with Gasteiger partial charge in [-0.3, -0.25) is 4.99 Å². The summed E-state index contributed by atoms with van der Waals surface area (Å²) in [5.41, 5.74) is 0.362. The van der Waals surface area contributed by atoms with E-state index in [1.807, 2.05) is 19.3 Å². The van der Waals surface area contributed by atoms with Crippen molar-refractivity contribution in [3.63, 3.8) is 0 Å². The predicted octanol–water partition coefficient (Wildman–Crippen LogP) is 2.56. The number of pyridine rings is 1. The molecule has 0 radical (unpaired) electrons. The third kappa shape index (κ3) is 3.06. The highest BCUT2D eigenvalue weighted by molar-refractivity contribution is 5.80. The van der Waals surface area contributed by atoms with Gasteiger partial charge in [-0.15, -0.1) is 0 Å². The van der Waals surface area contributed by atoms with E-state index in [9.17, 15) is 0 Å². The fourth-order valence-corrected chi connectivity index (χ4v) is 6.21. The Hall–Kier alpha value is -1.82. The average Bonchev–Trinajstić information content (AvgIpc) is 3.41. The SMILES string of the molecule is CN=C(NC1CCN(c2ccccn2)CC1)NC1C2CCOC2C12CCCC2. The van der Waals surface area contributed by atoms with Crippen LogP contribution in [-0.4, -0.2) is 55.9 Å². The molecule has 3 unspecified atom stereocenters. The van der Waals surface area contributed by atoms with Gasteiger partial charge in [-0.2, -0.15) is 0 Å². The number of rotatable bonds is 3. The fraction of sp³-hybridized carbons (Fsp3) is 0.727. The molecule has 3 heterocycles. The first-order chi connectivity index (χ1) is 13.8. The molecular weight excluding hydrogens is 350 g/mol. The van der Waals surface area contributed by atoms with Crippen LogP contribution in [-0.2, 0) is 4.74 Å². The molecule has 0 bridgehead atoms. The maximum absolute atomic E-state index is 6.13. The summed E-state index contributed by atoms with van der Waals surface area (Å²) in [5.74, 6) is 2.74. The van der Waals surface area contributed by atoms with E-state index >= 15 is 0 Å². The van der Waals surface area contributed by atoms with Crippen molar-refractivity contribution < 1.29 is 4.74 Å². The summed E-state index contributed by atoms with van der Waals surface area (Å²) in [6, 6.07) is 7.15. The first-order valence-electron chi connectivity index (χ1n) is 11.1. The topological polar surface area (TPSA) is 61.8 Å². The van der Waals surface area contributed by atoms with Crippen LogP contribution in [0.15, 0.2) is 29.4 Å². The summed E-state index contributed by atoms with van der Waals surface area (Å²) in [5, 5.41) is 7.54. The van der Waals surface area contributed by atoms with Gasteiger partial charge in [-0.05, 0) is 44.2 Å². The molecule has 2 saturated carbocycles. The van der Waals surface area contributed by atoms with Crippen LogP contribution >= 0.6 is 0 Å². The molecule has 6 heteroatoms. The van der Waals surface area contributed by atoms with Crippen LogP contribution in [0.4, 0.5) is 5.82 Å². The lowest BCUT2D eigenvalue weighted by molar-refractivity contribution is -0.125. The molecule has 4 aliphatic rings. The molecule has 6 nitrogen and oxygen atoms in total. The standard InChI is InChI=1S/C22H33N5O/c1-23-21(25-16-7-13-27(14-8-16)18-6-2-5-12-24-18)26-19-17-9-15-28-20(17)22(19)10-3-4-11-22/h2,5-6,12,16-17,19-20H,3-4,7-11,13-15H2,1H3,(H2,23,25,26). The number of aromatic nitrogens is 1. The van der Waals surface area contributed by atoms with Crippen molar-refractivity contribution in [2.45, 2.75) is 63.1 Å². The normalized spacial score (nSPS) is 32.2. The van der Waals surface area contributed by atoms with Gasteiger partial charge in [0.25, 0.3) is 0 Å². The highest BCUT2D eigenvalue weighted by Gasteiger charge is 2.65. The molecule has 152 valence electrons. The molecular formula is C22H33N5O. The first-order valence-corrected chi connectivity index (χ1v) is 11.1. The fourth-order valence-electron chi connectivity index (χ4n) is 6.21. The summed E-state index contributed by atoms with van der Waals surface area (Å²) >= 11 is 0. The van der Waals surface area contributed by atoms with Gasteiger partial charge in [0.2, 0.25) is 0 Å². The number of hydrogen-bond acceptors (Lipinski definition) is 4. The van der Waals surface area contributed by atoms with E-state index in [0.717, 1.165) is 44.3 Å². The van der Waals surface area contributed by atoms with E-state index in [1.54, 1.807) is 0 Å². The monoisotopic (exact) mass is 383 g/mol. The minimum Gasteiger partial charge on any atom is -0.377 e. The zero-order chi connectivity index (χ0) is 19.0. The number of nitrogens with zero attached hydrogens (tertiary/aromatic N) is 3. The molecule has 4 fully saturated rings. The third-order valence-electron chi connectivity index (χ3n) is 7.61. The molecule has 2 N–H and O–H groups in total. The molecule has 5 rings (SSSR count). The lowest BCUT2D eigenvalue weighted by Gasteiger charge is -2.57. The van der Waals surface area contributed by atoms with Crippen molar-refractivity contribution in [3.05, 3.63) is 24.4 Å².